The highest BCUT2D eigenvalue weighted by Gasteiger charge is 2.11. The standard InChI is InChI=1S/C31H37N3O3/c1-22-15-16-23(2)28(20-22)37-21-30(35)32-17-8-14-29-33-26-12-5-6-13-27(26)34(29)18-9-19-36-31-24(3)10-7-11-25(31)4/h5-7,10-13,15-16,20H,8-9,14,17-19,21H2,1-4H3,(H,32,35). The molecule has 4 aromatic rings. The number of carbonyl (C=O) groups is 1. The van der Waals surface area contributed by atoms with Crippen molar-refractivity contribution in [2.45, 2.75) is 53.5 Å². The minimum absolute atomic E-state index is 0.0170. The molecule has 0 bridgehead atoms. The molecule has 0 saturated carbocycles. The number of carbonyl (C=O) groups excluding carboxylic acids is 1. The molecule has 6 nitrogen and oxygen atoms in total. The van der Waals surface area contributed by atoms with Gasteiger partial charge in [0.25, 0.3) is 5.91 Å². The first-order chi connectivity index (χ1) is 17.9. The number of hydrogen-bond acceptors (Lipinski definition) is 4. The molecule has 1 heterocycles. The summed E-state index contributed by atoms with van der Waals surface area (Å²) in [6.07, 6.45) is 2.47. The molecule has 0 spiro atoms. The van der Waals surface area contributed by atoms with Gasteiger partial charge in [-0.05, 0) is 81.0 Å². The largest absolute Gasteiger partial charge is 0.493 e. The van der Waals surface area contributed by atoms with Gasteiger partial charge in [-0.15, -0.1) is 0 Å². The van der Waals surface area contributed by atoms with Gasteiger partial charge < -0.3 is 19.4 Å². The number of nitrogens with one attached hydrogen (secondary N) is 1. The van der Waals surface area contributed by atoms with E-state index < -0.39 is 0 Å². The molecule has 0 aliphatic carbocycles. The van der Waals surface area contributed by atoms with E-state index in [1.165, 1.54) is 0 Å². The molecule has 3 aromatic carbocycles. The van der Waals surface area contributed by atoms with Crippen LogP contribution < -0.4 is 14.8 Å². The average Bonchev–Trinajstić information content (AvgIpc) is 3.23. The summed E-state index contributed by atoms with van der Waals surface area (Å²) in [5.41, 5.74) is 6.60. The van der Waals surface area contributed by atoms with Crippen LogP contribution in [0, 0.1) is 27.7 Å². The van der Waals surface area contributed by atoms with Gasteiger partial charge in [0, 0.05) is 19.5 Å². The van der Waals surface area contributed by atoms with Crippen molar-refractivity contribution in [1.82, 2.24) is 14.9 Å². The van der Waals surface area contributed by atoms with Crippen LogP contribution in [0.1, 0.15) is 40.9 Å². The maximum Gasteiger partial charge on any atom is 0.257 e. The number of para-hydroxylation sites is 3. The number of amides is 1. The van der Waals surface area contributed by atoms with Crippen molar-refractivity contribution < 1.29 is 14.3 Å². The predicted octanol–water partition coefficient (Wildman–Crippen LogP) is 5.87. The fourth-order valence-electron chi connectivity index (χ4n) is 4.52. The van der Waals surface area contributed by atoms with Gasteiger partial charge in [-0.25, -0.2) is 4.98 Å². The SMILES string of the molecule is Cc1ccc(C)c(OCC(=O)NCCCc2nc3ccccc3n2CCCOc2c(C)cccc2C)c1. The summed E-state index contributed by atoms with van der Waals surface area (Å²) in [6, 6.07) is 20.5. The fourth-order valence-corrected chi connectivity index (χ4v) is 4.52. The second-order valence-electron chi connectivity index (χ2n) is 9.60. The van der Waals surface area contributed by atoms with Crippen molar-refractivity contribution in [3.05, 3.63) is 88.7 Å². The number of nitrogens with zero attached hydrogens (tertiary/aromatic N) is 2. The van der Waals surface area contributed by atoms with E-state index in [4.69, 9.17) is 14.5 Å². The Balaban J connectivity index is 1.28. The molecule has 6 heteroatoms. The first-order valence-electron chi connectivity index (χ1n) is 13.0. The van der Waals surface area contributed by atoms with Gasteiger partial charge in [0.15, 0.2) is 6.61 Å². The zero-order valence-electron chi connectivity index (χ0n) is 22.3. The lowest BCUT2D eigenvalue weighted by Gasteiger charge is -2.13. The highest BCUT2D eigenvalue weighted by atomic mass is 16.5. The summed E-state index contributed by atoms with van der Waals surface area (Å²) >= 11 is 0. The quantitative estimate of drug-likeness (QED) is 0.248. The van der Waals surface area contributed by atoms with Crippen molar-refractivity contribution >= 4 is 16.9 Å². The van der Waals surface area contributed by atoms with E-state index in [0.29, 0.717) is 13.2 Å². The lowest BCUT2D eigenvalue weighted by Crippen LogP contribution is -2.30. The van der Waals surface area contributed by atoms with E-state index in [0.717, 1.165) is 76.4 Å². The summed E-state index contributed by atoms with van der Waals surface area (Å²) in [4.78, 5) is 17.2. The summed E-state index contributed by atoms with van der Waals surface area (Å²) in [7, 11) is 0. The van der Waals surface area contributed by atoms with Crippen molar-refractivity contribution in [2.75, 3.05) is 19.8 Å². The molecule has 0 unspecified atom stereocenters. The van der Waals surface area contributed by atoms with Gasteiger partial charge in [0.2, 0.25) is 0 Å². The maximum atomic E-state index is 12.3. The lowest BCUT2D eigenvalue weighted by atomic mass is 10.1. The number of benzene rings is 3. The second kappa shape index (κ2) is 12.4. The van der Waals surface area contributed by atoms with E-state index in [1.54, 1.807) is 0 Å². The Kier molecular flexibility index (Phi) is 8.83. The molecule has 1 aromatic heterocycles. The highest BCUT2D eigenvalue weighted by molar-refractivity contribution is 5.77. The Labute approximate surface area is 219 Å². The zero-order valence-corrected chi connectivity index (χ0v) is 22.3. The van der Waals surface area contributed by atoms with Crippen LogP contribution in [0.25, 0.3) is 11.0 Å². The monoisotopic (exact) mass is 499 g/mol. The van der Waals surface area contributed by atoms with Crippen molar-refractivity contribution in [1.29, 1.82) is 0 Å². The third-order valence-electron chi connectivity index (χ3n) is 6.52. The van der Waals surface area contributed by atoms with Crippen molar-refractivity contribution in [3.63, 3.8) is 0 Å². The predicted molar refractivity (Wildman–Crippen MR) is 149 cm³/mol. The van der Waals surface area contributed by atoms with Gasteiger partial charge in [-0.1, -0.05) is 42.5 Å². The molecule has 0 fully saturated rings. The second-order valence-corrected chi connectivity index (χ2v) is 9.60. The highest BCUT2D eigenvalue weighted by Crippen LogP contribution is 2.23. The van der Waals surface area contributed by atoms with Crippen LogP contribution in [0.2, 0.25) is 0 Å². The smallest absolute Gasteiger partial charge is 0.257 e. The minimum Gasteiger partial charge on any atom is -0.493 e. The van der Waals surface area contributed by atoms with Crippen LogP contribution in [-0.4, -0.2) is 35.2 Å². The number of imidazole rings is 1. The molecule has 4 rings (SSSR count). The number of rotatable bonds is 12. The zero-order chi connectivity index (χ0) is 26.2. The van der Waals surface area contributed by atoms with Gasteiger partial charge in [-0.2, -0.15) is 0 Å². The summed E-state index contributed by atoms with van der Waals surface area (Å²) in [5, 5.41) is 2.97. The lowest BCUT2D eigenvalue weighted by molar-refractivity contribution is -0.123. The first kappa shape index (κ1) is 26.3. The Morgan fingerprint density at radius 1 is 0.892 bits per heavy atom. The van der Waals surface area contributed by atoms with Gasteiger partial charge >= 0.3 is 0 Å². The molecule has 0 saturated heterocycles. The molecule has 0 aliphatic heterocycles. The molecule has 1 N–H and O–H groups in total. The normalized spacial score (nSPS) is 11.0. The fraction of sp³-hybridized carbons (Fsp3) is 0.355. The average molecular weight is 500 g/mol. The van der Waals surface area contributed by atoms with E-state index >= 15 is 0 Å². The van der Waals surface area contributed by atoms with Crippen LogP contribution in [0.5, 0.6) is 11.5 Å². The molecule has 1 amide bonds. The topological polar surface area (TPSA) is 65.4 Å². The van der Waals surface area contributed by atoms with Crippen LogP contribution in [-0.2, 0) is 17.8 Å². The van der Waals surface area contributed by atoms with Crippen LogP contribution >= 0.6 is 0 Å². The third kappa shape index (κ3) is 6.91. The summed E-state index contributed by atoms with van der Waals surface area (Å²) in [5.74, 6) is 2.66. The van der Waals surface area contributed by atoms with Gasteiger partial charge in [-0.3, -0.25) is 4.79 Å². The van der Waals surface area contributed by atoms with E-state index in [2.05, 4.69) is 54.1 Å². The number of hydrogen-bond donors (Lipinski definition) is 1. The van der Waals surface area contributed by atoms with Crippen molar-refractivity contribution in [3.8, 4) is 11.5 Å². The molecule has 0 atom stereocenters. The molecular formula is C31H37N3O3. The van der Waals surface area contributed by atoms with Gasteiger partial charge in [0.1, 0.15) is 17.3 Å². The Bertz CT molecular complexity index is 1340. The minimum atomic E-state index is -0.113. The third-order valence-corrected chi connectivity index (χ3v) is 6.52. The van der Waals surface area contributed by atoms with Crippen LogP contribution in [0.3, 0.4) is 0 Å². The Hall–Kier alpha value is -3.80. The molecule has 37 heavy (non-hydrogen) atoms. The van der Waals surface area contributed by atoms with Gasteiger partial charge in [0.05, 0.1) is 17.6 Å². The molecule has 0 radical (unpaired) electrons. The molecule has 194 valence electrons. The number of ether oxygens (including phenoxy) is 2. The summed E-state index contributed by atoms with van der Waals surface area (Å²) in [6.45, 7) is 10.2. The number of fused-ring (bicyclic) bond motifs is 1. The van der Waals surface area contributed by atoms with Crippen LogP contribution in [0.15, 0.2) is 60.7 Å². The van der Waals surface area contributed by atoms with Crippen LogP contribution in [0.4, 0.5) is 0 Å². The molecular weight excluding hydrogens is 462 g/mol. The summed E-state index contributed by atoms with van der Waals surface area (Å²) < 4.78 is 14.1. The molecule has 0 aliphatic rings. The number of aromatic nitrogens is 2. The number of aryl methyl sites for hydroxylation is 6. The van der Waals surface area contributed by atoms with E-state index in [1.807, 2.05) is 44.2 Å². The maximum absolute atomic E-state index is 12.3. The van der Waals surface area contributed by atoms with E-state index in [9.17, 15) is 4.79 Å². The first-order valence-corrected chi connectivity index (χ1v) is 13.0. The van der Waals surface area contributed by atoms with Crippen molar-refractivity contribution in [2.24, 2.45) is 0 Å². The van der Waals surface area contributed by atoms with E-state index in [-0.39, 0.29) is 12.5 Å². The Morgan fingerprint density at radius 2 is 1.68 bits per heavy atom. The Morgan fingerprint density at radius 3 is 2.49 bits per heavy atom.